The predicted molar refractivity (Wildman–Crippen MR) is 130 cm³/mol. The smallest absolute Gasteiger partial charge is 0.191 e. The summed E-state index contributed by atoms with van der Waals surface area (Å²) in [5.74, 6) is 1.23. The summed E-state index contributed by atoms with van der Waals surface area (Å²) in [6.07, 6.45) is 2.52. The summed E-state index contributed by atoms with van der Waals surface area (Å²) in [5, 5.41) is 13.6. The first-order valence-electron chi connectivity index (χ1n) is 10.9. The molecule has 0 aliphatic carbocycles. The number of aliphatic hydroxyl groups excluding tert-OH is 1. The van der Waals surface area contributed by atoms with Crippen molar-refractivity contribution in [3.8, 4) is 11.5 Å². The van der Waals surface area contributed by atoms with Crippen molar-refractivity contribution in [2.45, 2.75) is 19.0 Å². The van der Waals surface area contributed by atoms with E-state index in [1.54, 1.807) is 20.3 Å². The molecule has 1 aromatic heterocycles. The number of aromatic nitrogens is 1. The number of methoxy groups -OCH3 is 2. The fraction of sp³-hybridized carbons (Fsp3) is 0.222. The normalized spacial score (nSPS) is 11.8. The lowest BCUT2D eigenvalue weighted by Gasteiger charge is -2.20. The fourth-order valence-electron chi connectivity index (χ4n) is 4.03. The van der Waals surface area contributed by atoms with Crippen molar-refractivity contribution in [3.63, 3.8) is 0 Å². The molecule has 1 unspecified atom stereocenters. The van der Waals surface area contributed by atoms with E-state index in [1.165, 1.54) is 0 Å². The van der Waals surface area contributed by atoms with Gasteiger partial charge in [-0.05, 0) is 18.1 Å². The highest BCUT2D eigenvalue weighted by Gasteiger charge is 2.25. The number of ether oxygens (including phenoxy) is 2. The standard InChI is InChI=1S/C27H28N2O4/c1-32-21-15-20(16-22(17-21)33-2)28-26(19-9-4-3-5-10-19)27(31)24-18-29(13-8-14-30)25-12-7-6-11-23(24)25/h3-7,9-12,15-18,26,28,30H,8,13-14H2,1-2H3. The predicted octanol–water partition coefficient (Wildman–Crippen LogP) is 5.08. The molecule has 4 rings (SSSR count). The molecule has 6 nitrogen and oxygen atoms in total. The summed E-state index contributed by atoms with van der Waals surface area (Å²) < 4.78 is 12.8. The average molecular weight is 445 g/mol. The van der Waals surface area contributed by atoms with Gasteiger partial charge in [0.15, 0.2) is 5.78 Å². The van der Waals surface area contributed by atoms with Crippen LogP contribution in [0.25, 0.3) is 10.9 Å². The Labute approximate surface area is 193 Å². The average Bonchev–Trinajstić information content (AvgIpc) is 3.24. The van der Waals surface area contributed by atoms with E-state index in [0.29, 0.717) is 30.0 Å². The second kappa shape index (κ2) is 10.2. The van der Waals surface area contributed by atoms with Gasteiger partial charge >= 0.3 is 0 Å². The number of carbonyl (C=O) groups is 1. The number of hydrogen-bond donors (Lipinski definition) is 2. The highest BCUT2D eigenvalue weighted by molar-refractivity contribution is 6.11. The largest absolute Gasteiger partial charge is 0.497 e. The Hall–Kier alpha value is -3.77. The number of Topliss-reactive ketones (excluding diaryl/α,β-unsaturated/α-hetero) is 1. The van der Waals surface area contributed by atoms with E-state index in [2.05, 4.69) is 5.32 Å². The minimum absolute atomic E-state index is 0.0399. The number of fused-ring (bicyclic) bond motifs is 1. The first kappa shape index (κ1) is 22.4. The van der Waals surface area contributed by atoms with Crippen LogP contribution in [-0.2, 0) is 6.54 Å². The van der Waals surface area contributed by atoms with Gasteiger partial charge in [-0.15, -0.1) is 0 Å². The molecule has 0 aliphatic heterocycles. The van der Waals surface area contributed by atoms with E-state index < -0.39 is 6.04 Å². The molecular weight excluding hydrogens is 416 g/mol. The van der Waals surface area contributed by atoms with E-state index in [-0.39, 0.29) is 12.4 Å². The van der Waals surface area contributed by atoms with Crippen LogP contribution >= 0.6 is 0 Å². The van der Waals surface area contributed by atoms with Gasteiger partial charge in [-0.1, -0.05) is 48.5 Å². The Bertz CT molecular complexity index is 1210. The first-order valence-corrected chi connectivity index (χ1v) is 10.9. The number of nitrogens with zero attached hydrogens (tertiary/aromatic N) is 1. The maximum Gasteiger partial charge on any atom is 0.191 e. The number of hydrogen-bond acceptors (Lipinski definition) is 5. The lowest BCUT2D eigenvalue weighted by Crippen LogP contribution is -2.21. The Morgan fingerprint density at radius 3 is 2.30 bits per heavy atom. The Morgan fingerprint density at radius 2 is 1.64 bits per heavy atom. The summed E-state index contributed by atoms with van der Waals surface area (Å²) in [6.45, 7) is 0.739. The second-order valence-electron chi connectivity index (χ2n) is 7.78. The topological polar surface area (TPSA) is 72.7 Å². The van der Waals surface area contributed by atoms with Gasteiger partial charge in [0.2, 0.25) is 0 Å². The third-order valence-corrected chi connectivity index (χ3v) is 5.67. The molecule has 170 valence electrons. The van der Waals surface area contributed by atoms with Gasteiger partial charge in [0.1, 0.15) is 17.5 Å². The van der Waals surface area contributed by atoms with Gasteiger partial charge in [0, 0.05) is 59.7 Å². The molecule has 2 N–H and O–H groups in total. The highest BCUT2D eigenvalue weighted by atomic mass is 16.5. The minimum atomic E-state index is -0.611. The van der Waals surface area contributed by atoms with E-state index in [9.17, 15) is 9.90 Å². The number of aliphatic hydroxyl groups is 1. The lowest BCUT2D eigenvalue weighted by atomic mass is 9.96. The third-order valence-electron chi connectivity index (χ3n) is 5.67. The second-order valence-corrected chi connectivity index (χ2v) is 7.78. The molecular formula is C27H28N2O4. The number of carbonyl (C=O) groups excluding carboxylic acids is 1. The van der Waals surface area contributed by atoms with Crippen molar-refractivity contribution in [2.75, 3.05) is 26.1 Å². The molecule has 33 heavy (non-hydrogen) atoms. The lowest BCUT2D eigenvalue weighted by molar-refractivity contribution is 0.0971. The summed E-state index contributed by atoms with van der Waals surface area (Å²) in [7, 11) is 3.19. The molecule has 0 amide bonds. The zero-order valence-electron chi connectivity index (χ0n) is 18.8. The number of anilines is 1. The van der Waals surface area contributed by atoms with E-state index in [0.717, 1.165) is 22.2 Å². The number of ketones is 1. The minimum Gasteiger partial charge on any atom is -0.497 e. The monoisotopic (exact) mass is 444 g/mol. The van der Waals surface area contributed by atoms with Crippen LogP contribution in [0, 0.1) is 0 Å². The van der Waals surface area contributed by atoms with Gasteiger partial charge in [0.25, 0.3) is 0 Å². The Morgan fingerprint density at radius 1 is 0.970 bits per heavy atom. The maximum atomic E-state index is 14.0. The number of nitrogens with one attached hydrogen (secondary N) is 1. The van der Waals surface area contributed by atoms with Crippen molar-refractivity contribution in [3.05, 3.63) is 90.1 Å². The van der Waals surface area contributed by atoms with Crippen LogP contribution in [0.4, 0.5) is 5.69 Å². The van der Waals surface area contributed by atoms with Gasteiger partial charge in [-0.2, -0.15) is 0 Å². The third kappa shape index (κ3) is 4.86. The fourth-order valence-corrected chi connectivity index (χ4v) is 4.03. The molecule has 0 aliphatic rings. The van der Waals surface area contributed by atoms with Gasteiger partial charge in [-0.25, -0.2) is 0 Å². The molecule has 1 heterocycles. The number of para-hydroxylation sites is 1. The summed E-state index contributed by atoms with van der Waals surface area (Å²) >= 11 is 0. The molecule has 3 aromatic carbocycles. The SMILES string of the molecule is COc1cc(NC(C(=O)c2cn(CCCO)c3ccccc23)c2ccccc2)cc(OC)c1. The van der Waals surface area contributed by atoms with Crippen LogP contribution in [-0.4, -0.2) is 36.3 Å². The summed E-state index contributed by atoms with van der Waals surface area (Å²) in [6, 6.07) is 22.4. The summed E-state index contributed by atoms with van der Waals surface area (Å²) in [5.41, 5.74) is 3.19. The zero-order chi connectivity index (χ0) is 23.2. The quantitative estimate of drug-likeness (QED) is 0.334. The Balaban J connectivity index is 1.77. The van der Waals surface area contributed by atoms with Crippen molar-refractivity contribution in [2.24, 2.45) is 0 Å². The first-order chi connectivity index (χ1) is 16.1. The molecule has 6 heteroatoms. The van der Waals surface area contributed by atoms with Crippen LogP contribution in [0.3, 0.4) is 0 Å². The van der Waals surface area contributed by atoms with Crippen LogP contribution in [0.5, 0.6) is 11.5 Å². The number of benzene rings is 3. The van der Waals surface area contributed by atoms with Crippen molar-refractivity contribution in [1.82, 2.24) is 4.57 Å². The van der Waals surface area contributed by atoms with Crippen molar-refractivity contribution in [1.29, 1.82) is 0 Å². The van der Waals surface area contributed by atoms with Crippen LogP contribution in [0.1, 0.15) is 28.4 Å². The van der Waals surface area contributed by atoms with Crippen LogP contribution in [0.15, 0.2) is 79.0 Å². The highest BCUT2D eigenvalue weighted by Crippen LogP contribution is 2.32. The Kier molecular flexibility index (Phi) is 6.95. The molecule has 0 radical (unpaired) electrons. The van der Waals surface area contributed by atoms with Gasteiger partial charge in [-0.3, -0.25) is 4.79 Å². The number of rotatable bonds is 10. The van der Waals surface area contributed by atoms with E-state index >= 15 is 0 Å². The molecule has 0 saturated carbocycles. The van der Waals surface area contributed by atoms with Crippen LogP contribution in [0.2, 0.25) is 0 Å². The zero-order valence-corrected chi connectivity index (χ0v) is 18.8. The summed E-state index contributed by atoms with van der Waals surface area (Å²) in [4.78, 5) is 14.0. The van der Waals surface area contributed by atoms with Crippen molar-refractivity contribution >= 4 is 22.4 Å². The molecule has 0 spiro atoms. The molecule has 0 fully saturated rings. The van der Waals surface area contributed by atoms with Gasteiger partial charge in [0.05, 0.1) is 14.2 Å². The van der Waals surface area contributed by atoms with E-state index in [1.807, 2.05) is 77.5 Å². The molecule has 4 aromatic rings. The molecule has 0 bridgehead atoms. The number of aryl methyl sites for hydroxylation is 1. The molecule has 1 atom stereocenters. The molecule has 0 saturated heterocycles. The van der Waals surface area contributed by atoms with Crippen LogP contribution < -0.4 is 14.8 Å². The van der Waals surface area contributed by atoms with Gasteiger partial charge < -0.3 is 24.5 Å². The van der Waals surface area contributed by atoms with E-state index in [4.69, 9.17) is 9.47 Å². The van der Waals surface area contributed by atoms with Crippen molar-refractivity contribution < 1.29 is 19.4 Å². The maximum absolute atomic E-state index is 14.0.